The number of carbonyl (C=O) groups is 2. The van der Waals surface area contributed by atoms with Crippen LogP contribution in [-0.2, 0) is 16.0 Å². The number of para-hydroxylation sites is 1. The van der Waals surface area contributed by atoms with E-state index in [1.54, 1.807) is 4.90 Å². The number of anilines is 1. The number of benzene rings is 1. The van der Waals surface area contributed by atoms with Crippen molar-refractivity contribution >= 4 is 30.0 Å². The minimum atomic E-state index is -0.815. The average molecular weight is 325 g/mol. The van der Waals surface area contributed by atoms with Crippen LogP contribution in [0.15, 0.2) is 24.3 Å². The Bertz CT molecular complexity index is 564. The second kappa shape index (κ2) is 7.11. The summed E-state index contributed by atoms with van der Waals surface area (Å²) in [5.74, 6) is -0.808. The van der Waals surface area contributed by atoms with Crippen molar-refractivity contribution in [2.75, 3.05) is 24.5 Å². The third kappa shape index (κ3) is 3.25. The van der Waals surface area contributed by atoms with E-state index in [-0.39, 0.29) is 24.9 Å². The molecule has 1 aromatic carbocycles. The molecule has 1 aromatic rings. The number of carboxylic acids is 1. The molecular formula is C16H21ClN2O3. The van der Waals surface area contributed by atoms with E-state index < -0.39 is 12.0 Å². The lowest BCUT2D eigenvalue weighted by Crippen LogP contribution is -2.49. The molecule has 0 radical (unpaired) electrons. The molecular weight excluding hydrogens is 304 g/mol. The lowest BCUT2D eigenvalue weighted by molar-refractivity contribution is -0.145. The minimum absolute atomic E-state index is 0. The topological polar surface area (TPSA) is 60.9 Å². The van der Waals surface area contributed by atoms with Gasteiger partial charge < -0.3 is 10.0 Å². The highest BCUT2D eigenvalue weighted by atomic mass is 35.5. The van der Waals surface area contributed by atoms with Gasteiger partial charge in [-0.2, -0.15) is 0 Å². The normalized spacial score (nSPS) is 21.1. The molecule has 0 aliphatic carbocycles. The summed E-state index contributed by atoms with van der Waals surface area (Å²) in [6.07, 6.45) is 3.41. The van der Waals surface area contributed by atoms with Crippen LogP contribution in [0.5, 0.6) is 0 Å². The zero-order valence-electron chi connectivity index (χ0n) is 12.4. The summed E-state index contributed by atoms with van der Waals surface area (Å²) in [5.41, 5.74) is 2.17. The van der Waals surface area contributed by atoms with Crippen molar-refractivity contribution in [1.29, 1.82) is 0 Å². The number of hydrogen-bond donors (Lipinski definition) is 1. The molecule has 1 N–H and O–H groups in total. The van der Waals surface area contributed by atoms with Gasteiger partial charge >= 0.3 is 5.97 Å². The molecule has 120 valence electrons. The minimum Gasteiger partial charge on any atom is -0.480 e. The third-order valence-corrected chi connectivity index (χ3v) is 4.43. The van der Waals surface area contributed by atoms with Gasteiger partial charge in [0.15, 0.2) is 0 Å². The predicted octanol–water partition coefficient (Wildman–Crippen LogP) is 1.94. The molecule has 0 saturated carbocycles. The molecule has 1 amide bonds. The van der Waals surface area contributed by atoms with Gasteiger partial charge in [0.25, 0.3) is 0 Å². The van der Waals surface area contributed by atoms with Crippen molar-refractivity contribution < 1.29 is 14.7 Å². The number of rotatable bonds is 3. The Labute approximate surface area is 136 Å². The van der Waals surface area contributed by atoms with Crippen LogP contribution in [-0.4, -0.2) is 47.6 Å². The average Bonchev–Trinajstić information content (AvgIpc) is 2.91. The van der Waals surface area contributed by atoms with Crippen LogP contribution in [0, 0.1) is 0 Å². The van der Waals surface area contributed by atoms with Crippen molar-refractivity contribution in [3.63, 3.8) is 0 Å². The number of fused-ring (bicyclic) bond motifs is 1. The Kier molecular flexibility index (Phi) is 5.42. The summed E-state index contributed by atoms with van der Waals surface area (Å²) in [5, 5.41) is 9.28. The van der Waals surface area contributed by atoms with Crippen LogP contribution in [0.2, 0.25) is 0 Å². The monoisotopic (exact) mass is 324 g/mol. The van der Waals surface area contributed by atoms with Crippen LogP contribution >= 0.6 is 12.4 Å². The molecule has 0 aromatic heterocycles. The first-order valence-corrected chi connectivity index (χ1v) is 7.52. The molecule has 2 aliphatic heterocycles. The Hall–Kier alpha value is -1.59. The van der Waals surface area contributed by atoms with Gasteiger partial charge in [-0.15, -0.1) is 12.4 Å². The number of piperidine rings is 1. The molecule has 1 atom stereocenters. The van der Waals surface area contributed by atoms with Crippen LogP contribution in [0.1, 0.15) is 24.8 Å². The van der Waals surface area contributed by atoms with Gasteiger partial charge in [-0.3, -0.25) is 14.5 Å². The number of nitrogens with zero attached hydrogens (tertiary/aromatic N) is 2. The maximum Gasteiger partial charge on any atom is 0.320 e. The summed E-state index contributed by atoms with van der Waals surface area (Å²) in [4.78, 5) is 27.4. The quantitative estimate of drug-likeness (QED) is 0.923. The Morgan fingerprint density at radius 2 is 1.95 bits per heavy atom. The summed E-state index contributed by atoms with van der Waals surface area (Å²) < 4.78 is 0. The molecule has 0 bridgehead atoms. The van der Waals surface area contributed by atoms with E-state index in [0.29, 0.717) is 19.5 Å². The van der Waals surface area contributed by atoms with Gasteiger partial charge in [0.1, 0.15) is 6.04 Å². The van der Waals surface area contributed by atoms with Gasteiger partial charge in [0, 0.05) is 12.2 Å². The van der Waals surface area contributed by atoms with Crippen molar-refractivity contribution in [2.24, 2.45) is 0 Å². The molecule has 5 nitrogen and oxygen atoms in total. The molecule has 2 aliphatic rings. The summed E-state index contributed by atoms with van der Waals surface area (Å²) >= 11 is 0. The van der Waals surface area contributed by atoms with Crippen molar-refractivity contribution in [3.8, 4) is 0 Å². The van der Waals surface area contributed by atoms with Crippen LogP contribution in [0.4, 0.5) is 5.69 Å². The smallest absolute Gasteiger partial charge is 0.320 e. The van der Waals surface area contributed by atoms with Crippen LogP contribution < -0.4 is 4.90 Å². The fourth-order valence-corrected chi connectivity index (χ4v) is 3.32. The van der Waals surface area contributed by atoms with E-state index in [1.165, 1.54) is 5.56 Å². The number of amides is 1. The second-order valence-corrected chi connectivity index (χ2v) is 5.74. The molecule has 1 saturated heterocycles. The summed E-state index contributed by atoms with van der Waals surface area (Å²) in [6, 6.07) is 7.42. The van der Waals surface area contributed by atoms with E-state index in [9.17, 15) is 14.7 Å². The van der Waals surface area contributed by atoms with Crippen LogP contribution in [0.25, 0.3) is 0 Å². The van der Waals surface area contributed by atoms with E-state index in [2.05, 4.69) is 0 Å². The number of carboxylic acid groups (broad SMARTS) is 1. The highest BCUT2D eigenvalue weighted by Gasteiger charge is 2.32. The van der Waals surface area contributed by atoms with E-state index in [0.717, 1.165) is 24.9 Å². The molecule has 6 heteroatoms. The summed E-state index contributed by atoms with van der Waals surface area (Å²) in [6.45, 7) is 1.59. The lowest BCUT2D eigenvalue weighted by Gasteiger charge is -2.33. The van der Waals surface area contributed by atoms with Gasteiger partial charge in [-0.05, 0) is 37.4 Å². The zero-order chi connectivity index (χ0) is 14.8. The fourth-order valence-electron chi connectivity index (χ4n) is 3.32. The number of hydrogen-bond acceptors (Lipinski definition) is 3. The largest absolute Gasteiger partial charge is 0.480 e. The van der Waals surface area contributed by atoms with E-state index in [1.807, 2.05) is 29.2 Å². The highest BCUT2D eigenvalue weighted by molar-refractivity contribution is 5.97. The van der Waals surface area contributed by atoms with E-state index >= 15 is 0 Å². The second-order valence-electron chi connectivity index (χ2n) is 5.74. The molecule has 3 rings (SSSR count). The van der Waals surface area contributed by atoms with Crippen LogP contribution in [0.3, 0.4) is 0 Å². The first-order chi connectivity index (χ1) is 10.2. The summed E-state index contributed by atoms with van der Waals surface area (Å²) in [7, 11) is 0. The zero-order valence-corrected chi connectivity index (χ0v) is 13.2. The van der Waals surface area contributed by atoms with Crippen molar-refractivity contribution in [1.82, 2.24) is 4.90 Å². The van der Waals surface area contributed by atoms with Gasteiger partial charge in [-0.25, -0.2) is 0 Å². The number of carbonyl (C=O) groups excluding carboxylic acids is 1. The molecule has 1 fully saturated rings. The van der Waals surface area contributed by atoms with Crippen molar-refractivity contribution in [2.45, 2.75) is 31.7 Å². The van der Waals surface area contributed by atoms with Gasteiger partial charge in [0.05, 0.1) is 6.54 Å². The maximum atomic E-state index is 12.5. The molecule has 22 heavy (non-hydrogen) atoms. The Balaban J connectivity index is 0.00000176. The fraction of sp³-hybridized carbons (Fsp3) is 0.500. The van der Waals surface area contributed by atoms with E-state index in [4.69, 9.17) is 0 Å². The predicted molar refractivity (Wildman–Crippen MR) is 86.6 cm³/mol. The van der Waals surface area contributed by atoms with Gasteiger partial charge in [0.2, 0.25) is 5.91 Å². The first-order valence-electron chi connectivity index (χ1n) is 7.52. The highest BCUT2D eigenvalue weighted by Crippen LogP contribution is 2.28. The number of aliphatic carboxylic acids is 1. The third-order valence-electron chi connectivity index (χ3n) is 4.43. The standard InChI is InChI=1S/C16H20N2O3.ClH/c19-15(11-17-9-4-3-7-14(17)16(20)21)18-10-8-12-5-1-2-6-13(12)18;/h1-2,5-6,14H,3-4,7-11H2,(H,20,21);1H. The Morgan fingerprint density at radius 1 is 1.18 bits per heavy atom. The number of likely N-dealkylation sites (tertiary alicyclic amines) is 1. The van der Waals surface area contributed by atoms with Gasteiger partial charge in [-0.1, -0.05) is 24.6 Å². The Morgan fingerprint density at radius 3 is 2.73 bits per heavy atom. The number of halogens is 1. The molecule has 2 heterocycles. The first kappa shape index (κ1) is 16.8. The van der Waals surface area contributed by atoms with Crippen molar-refractivity contribution in [3.05, 3.63) is 29.8 Å². The molecule has 1 unspecified atom stereocenters. The lowest BCUT2D eigenvalue weighted by atomic mass is 10.0. The SMILES string of the molecule is Cl.O=C(O)C1CCCCN1CC(=O)N1CCc2ccccc21. The molecule has 0 spiro atoms. The maximum absolute atomic E-state index is 12.5.